The van der Waals surface area contributed by atoms with E-state index in [0.717, 1.165) is 47.2 Å². The van der Waals surface area contributed by atoms with E-state index >= 15 is 0 Å². The summed E-state index contributed by atoms with van der Waals surface area (Å²) in [4.78, 5) is 15.2. The van der Waals surface area contributed by atoms with E-state index < -0.39 is 0 Å². The van der Waals surface area contributed by atoms with Gasteiger partial charge in [0.05, 0.1) is 11.8 Å². The minimum absolute atomic E-state index is 0.0615. The van der Waals surface area contributed by atoms with Gasteiger partial charge in [-0.05, 0) is 69.3 Å². The number of nitrogens with one attached hydrogen (secondary N) is 1. The van der Waals surface area contributed by atoms with Crippen LogP contribution in [0, 0.1) is 6.92 Å². The number of aryl methyl sites for hydroxylation is 1. The van der Waals surface area contributed by atoms with E-state index in [1.807, 2.05) is 57.4 Å². The molecule has 1 amide bonds. The monoisotopic (exact) mass is 378 g/mol. The fraction of sp³-hybridized carbons (Fsp3) is 0.348. The van der Waals surface area contributed by atoms with Crippen LogP contribution < -0.4 is 10.1 Å². The molecule has 0 bridgehead atoms. The number of likely N-dealkylation sites (N-methyl/N-ethyl adjacent to an activating group) is 1. The van der Waals surface area contributed by atoms with E-state index in [9.17, 15) is 4.79 Å². The van der Waals surface area contributed by atoms with E-state index in [-0.39, 0.29) is 11.4 Å². The molecule has 5 heteroatoms. The molecule has 0 radical (unpaired) electrons. The number of hydrogen-bond acceptors (Lipinski definition) is 4. The molecule has 1 N–H and O–H groups in total. The second kappa shape index (κ2) is 7.32. The number of rotatable bonds is 7. The van der Waals surface area contributed by atoms with Gasteiger partial charge in [0.1, 0.15) is 17.9 Å². The second-order valence-electron chi connectivity index (χ2n) is 7.80. The van der Waals surface area contributed by atoms with Crippen molar-refractivity contribution in [2.45, 2.75) is 25.3 Å². The lowest BCUT2D eigenvalue weighted by Gasteiger charge is -2.20. The molecular weight excluding hydrogens is 352 g/mol. The lowest BCUT2D eigenvalue weighted by atomic mass is 9.99. The van der Waals surface area contributed by atoms with Crippen molar-refractivity contribution < 1.29 is 13.9 Å². The summed E-state index contributed by atoms with van der Waals surface area (Å²) in [6.45, 7) is 3.37. The molecule has 0 atom stereocenters. The highest BCUT2D eigenvalue weighted by Crippen LogP contribution is 2.48. The number of carbonyl (C=O) groups excluding carboxylic acids is 1. The van der Waals surface area contributed by atoms with Crippen molar-refractivity contribution in [1.29, 1.82) is 0 Å². The Balaban J connectivity index is 1.54. The van der Waals surface area contributed by atoms with Gasteiger partial charge in [0.15, 0.2) is 0 Å². The lowest BCUT2D eigenvalue weighted by Crippen LogP contribution is -2.35. The van der Waals surface area contributed by atoms with E-state index in [0.29, 0.717) is 12.2 Å². The average Bonchev–Trinajstić information content (AvgIpc) is 3.27. The molecule has 1 saturated carbocycles. The van der Waals surface area contributed by atoms with Gasteiger partial charge in [-0.25, -0.2) is 0 Å². The molecule has 0 unspecified atom stereocenters. The SMILES string of the molecule is Cc1ccc(OCCN(C)C)cc1C(=O)NC1(c2cccc3occc23)CC1. The summed E-state index contributed by atoms with van der Waals surface area (Å²) in [6.07, 6.45) is 3.56. The molecular formula is C23H26N2O3. The summed E-state index contributed by atoms with van der Waals surface area (Å²) in [6, 6.07) is 13.7. The fourth-order valence-electron chi connectivity index (χ4n) is 3.56. The molecule has 2 aromatic carbocycles. The molecule has 1 aromatic heterocycles. The Morgan fingerprint density at radius 2 is 2.04 bits per heavy atom. The quantitative estimate of drug-likeness (QED) is 0.672. The normalized spacial score (nSPS) is 15.0. The van der Waals surface area contributed by atoms with Gasteiger partial charge < -0.3 is 19.4 Å². The summed E-state index contributed by atoms with van der Waals surface area (Å²) >= 11 is 0. The van der Waals surface area contributed by atoms with Crippen LogP contribution in [0.25, 0.3) is 11.0 Å². The Labute approximate surface area is 165 Å². The maximum absolute atomic E-state index is 13.1. The average molecular weight is 378 g/mol. The van der Waals surface area contributed by atoms with Gasteiger partial charge >= 0.3 is 0 Å². The molecule has 1 fully saturated rings. The van der Waals surface area contributed by atoms with E-state index in [1.165, 1.54) is 0 Å². The fourth-order valence-corrected chi connectivity index (χ4v) is 3.56. The lowest BCUT2D eigenvalue weighted by molar-refractivity contribution is 0.0930. The summed E-state index contributed by atoms with van der Waals surface area (Å²) in [5, 5.41) is 4.35. The van der Waals surface area contributed by atoms with Crippen molar-refractivity contribution in [2.75, 3.05) is 27.2 Å². The zero-order chi connectivity index (χ0) is 19.7. The molecule has 28 heavy (non-hydrogen) atoms. The second-order valence-corrected chi connectivity index (χ2v) is 7.80. The summed E-state index contributed by atoms with van der Waals surface area (Å²) in [7, 11) is 4.01. The molecule has 1 heterocycles. The number of nitrogens with zero attached hydrogens (tertiary/aromatic N) is 1. The van der Waals surface area contributed by atoms with Crippen molar-refractivity contribution in [3.8, 4) is 5.75 Å². The van der Waals surface area contributed by atoms with Crippen LogP contribution in [0.3, 0.4) is 0 Å². The van der Waals surface area contributed by atoms with Gasteiger partial charge in [-0.15, -0.1) is 0 Å². The van der Waals surface area contributed by atoms with Gasteiger partial charge in [-0.3, -0.25) is 4.79 Å². The predicted octanol–water partition coefficient (Wildman–Crippen LogP) is 4.10. The van der Waals surface area contributed by atoms with E-state index in [4.69, 9.17) is 9.15 Å². The Morgan fingerprint density at radius 1 is 1.21 bits per heavy atom. The maximum Gasteiger partial charge on any atom is 0.252 e. The number of ether oxygens (including phenoxy) is 1. The highest BCUT2D eigenvalue weighted by molar-refractivity contribution is 5.97. The molecule has 146 valence electrons. The Kier molecular flexibility index (Phi) is 4.85. The predicted molar refractivity (Wildman–Crippen MR) is 110 cm³/mol. The highest BCUT2D eigenvalue weighted by Gasteiger charge is 2.47. The van der Waals surface area contributed by atoms with Crippen molar-refractivity contribution in [2.24, 2.45) is 0 Å². The van der Waals surface area contributed by atoms with Crippen LogP contribution in [0.4, 0.5) is 0 Å². The Morgan fingerprint density at radius 3 is 2.79 bits per heavy atom. The standard InChI is InChI=1S/C23H26N2O3/c1-16-7-8-17(27-14-12-25(2)3)15-19(16)22(26)24-23(10-11-23)20-5-4-6-21-18(20)9-13-28-21/h4-9,13,15H,10-12,14H2,1-3H3,(H,24,26). The van der Waals surface area contributed by atoms with Crippen molar-refractivity contribution >= 4 is 16.9 Å². The van der Waals surface area contributed by atoms with Crippen molar-refractivity contribution in [1.82, 2.24) is 10.2 Å². The molecule has 1 aliphatic carbocycles. The van der Waals surface area contributed by atoms with Crippen LogP contribution in [0.5, 0.6) is 5.75 Å². The number of furan rings is 1. The van der Waals surface area contributed by atoms with Crippen LogP contribution in [-0.2, 0) is 5.54 Å². The number of hydrogen-bond donors (Lipinski definition) is 1. The minimum atomic E-state index is -0.311. The first kappa shape index (κ1) is 18.6. The molecule has 0 spiro atoms. The third-order valence-corrected chi connectivity index (χ3v) is 5.38. The first-order valence-electron chi connectivity index (χ1n) is 9.66. The van der Waals surface area contributed by atoms with Crippen LogP contribution in [-0.4, -0.2) is 38.1 Å². The van der Waals surface area contributed by atoms with Crippen LogP contribution in [0.1, 0.15) is 34.3 Å². The maximum atomic E-state index is 13.1. The Bertz CT molecular complexity index is 1000. The third-order valence-electron chi connectivity index (χ3n) is 5.38. The summed E-state index contributed by atoms with van der Waals surface area (Å²) in [5.74, 6) is 0.660. The van der Waals surface area contributed by atoms with Crippen molar-refractivity contribution in [3.05, 3.63) is 65.4 Å². The largest absolute Gasteiger partial charge is 0.492 e. The zero-order valence-electron chi connectivity index (χ0n) is 16.6. The summed E-state index contributed by atoms with van der Waals surface area (Å²) < 4.78 is 11.3. The number of carbonyl (C=O) groups is 1. The zero-order valence-corrected chi connectivity index (χ0v) is 16.6. The first-order chi connectivity index (χ1) is 13.5. The van der Waals surface area contributed by atoms with Crippen LogP contribution in [0.15, 0.2) is 53.1 Å². The minimum Gasteiger partial charge on any atom is -0.492 e. The first-order valence-corrected chi connectivity index (χ1v) is 9.66. The molecule has 3 aromatic rings. The van der Waals surface area contributed by atoms with E-state index in [1.54, 1.807) is 6.26 Å². The topological polar surface area (TPSA) is 54.7 Å². The Hall–Kier alpha value is -2.79. The van der Waals surface area contributed by atoms with Crippen LogP contribution in [0.2, 0.25) is 0 Å². The smallest absolute Gasteiger partial charge is 0.252 e. The number of fused-ring (bicyclic) bond motifs is 1. The third kappa shape index (κ3) is 3.62. The summed E-state index contributed by atoms with van der Waals surface area (Å²) in [5.41, 5.74) is 3.27. The van der Waals surface area contributed by atoms with Gasteiger partial charge in [-0.2, -0.15) is 0 Å². The molecule has 0 saturated heterocycles. The number of amides is 1. The molecule has 0 aliphatic heterocycles. The van der Waals surface area contributed by atoms with Gasteiger partial charge in [0.25, 0.3) is 5.91 Å². The van der Waals surface area contributed by atoms with Crippen molar-refractivity contribution in [3.63, 3.8) is 0 Å². The van der Waals surface area contributed by atoms with Gasteiger partial charge in [0, 0.05) is 17.5 Å². The molecule has 1 aliphatic rings. The van der Waals surface area contributed by atoms with Gasteiger partial charge in [0.2, 0.25) is 0 Å². The van der Waals surface area contributed by atoms with Gasteiger partial charge in [-0.1, -0.05) is 18.2 Å². The highest BCUT2D eigenvalue weighted by atomic mass is 16.5. The van der Waals surface area contributed by atoms with E-state index in [2.05, 4.69) is 16.3 Å². The number of benzene rings is 2. The van der Waals surface area contributed by atoms with Crippen LogP contribution >= 0.6 is 0 Å². The molecule has 4 rings (SSSR count). The molecule has 5 nitrogen and oxygen atoms in total.